The molecule has 0 aromatic heterocycles. The summed E-state index contributed by atoms with van der Waals surface area (Å²) in [6.45, 7) is 3.39. The van der Waals surface area contributed by atoms with Crippen LogP contribution in [0.1, 0.15) is 11.1 Å². The molecule has 0 radical (unpaired) electrons. The van der Waals surface area contributed by atoms with Crippen LogP contribution in [0.4, 0.5) is 13.2 Å². The Bertz CT molecular complexity index is 423. The topological polar surface area (TPSA) is 43.1 Å². The number of hydrogen-bond donors (Lipinski definition) is 1. The highest BCUT2D eigenvalue weighted by molar-refractivity contribution is 5.91. The smallest absolute Gasteiger partial charge is 0.366 e. The molecule has 0 aliphatic rings. The molecule has 0 atom stereocenters. The molecule has 0 unspecified atom stereocenters. The molecular weight excluding hydrogens is 219 g/mol. The van der Waals surface area contributed by atoms with E-state index in [9.17, 15) is 18.0 Å². The summed E-state index contributed by atoms with van der Waals surface area (Å²) in [5.74, 6) is -0.711. The maximum absolute atomic E-state index is 12.3. The normalized spacial score (nSPS) is 11.2. The van der Waals surface area contributed by atoms with Gasteiger partial charge >= 0.3 is 6.18 Å². The Morgan fingerprint density at radius 1 is 1.38 bits per heavy atom. The van der Waals surface area contributed by atoms with Crippen molar-refractivity contribution >= 4 is 5.91 Å². The third kappa shape index (κ3) is 3.12. The number of rotatable bonds is 3. The van der Waals surface area contributed by atoms with Crippen molar-refractivity contribution in [2.24, 2.45) is 5.73 Å². The molecule has 0 saturated carbocycles. The van der Waals surface area contributed by atoms with Crippen molar-refractivity contribution in [3.63, 3.8) is 0 Å². The van der Waals surface area contributed by atoms with Gasteiger partial charge in [-0.1, -0.05) is 24.8 Å². The summed E-state index contributed by atoms with van der Waals surface area (Å²) in [5.41, 5.74) is 4.64. The second-order valence-corrected chi connectivity index (χ2v) is 3.34. The Labute approximate surface area is 90.6 Å². The molecule has 1 aromatic carbocycles. The van der Waals surface area contributed by atoms with Crippen molar-refractivity contribution in [2.75, 3.05) is 0 Å². The molecule has 0 spiro atoms. The van der Waals surface area contributed by atoms with E-state index >= 15 is 0 Å². The van der Waals surface area contributed by atoms with Crippen LogP contribution in [-0.2, 0) is 17.4 Å². The van der Waals surface area contributed by atoms with Crippen molar-refractivity contribution in [3.05, 3.63) is 47.5 Å². The summed E-state index contributed by atoms with van der Waals surface area (Å²) < 4.78 is 37.0. The molecule has 0 aliphatic heterocycles. The highest BCUT2D eigenvalue weighted by Gasteiger charge is 2.30. The van der Waals surface area contributed by atoms with Crippen LogP contribution >= 0.6 is 0 Å². The lowest BCUT2D eigenvalue weighted by molar-refractivity contribution is -0.137. The van der Waals surface area contributed by atoms with Crippen molar-refractivity contribution in [1.82, 2.24) is 0 Å². The molecule has 2 nitrogen and oxygen atoms in total. The first kappa shape index (κ1) is 12.3. The van der Waals surface area contributed by atoms with Crippen molar-refractivity contribution in [3.8, 4) is 0 Å². The fourth-order valence-electron chi connectivity index (χ4n) is 1.19. The quantitative estimate of drug-likeness (QED) is 0.794. The van der Waals surface area contributed by atoms with Crippen molar-refractivity contribution in [2.45, 2.75) is 12.6 Å². The molecule has 1 rings (SSSR count). The fourth-order valence-corrected chi connectivity index (χ4v) is 1.19. The Morgan fingerprint density at radius 2 is 2.00 bits per heavy atom. The number of carbonyl (C=O) groups is 1. The average Bonchev–Trinajstić information content (AvgIpc) is 2.16. The molecule has 2 N–H and O–H groups in total. The van der Waals surface area contributed by atoms with Crippen LogP contribution in [0.15, 0.2) is 36.4 Å². The standard InChI is InChI=1S/C11H10F3NO/c1-7(10(15)16)5-8-3-2-4-9(6-8)11(12,13)14/h2-4,6H,1,5H2,(H2,15,16). The van der Waals surface area contributed by atoms with Gasteiger partial charge in [0.2, 0.25) is 5.91 Å². The van der Waals surface area contributed by atoms with Crippen LogP contribution in [0.3, 0.4) is 0 Å². The SMILES string of the molecule is C=C(Cc1cccc(C(F)(F)F)c1)C(N)=O. The summed E-state index contributed by atoms with van der Waals surface area (Å²) in [6.07, 6.45) is -4.36. The predicted molar refractivity (Wildman–Crippen MR) is 53.5 cm³/mol. The van der Waals surface area contributed by atoms with Gasteiger partial charge in [-0.15, -0.1) is 0 Å². The fraction of sp³-hybridized carbons (Fsp3) is 0.182. The number of primary amides is 1. The molecule has 0 aliphatic carbocycles. The summed E-state index contributed by atoms with van der Waals surface area (Å²) in [6, 6.07) is 4.72. The van der Waals surface area contributed by atoms with E-state index < -0.39 is 17.6 Å². The van der Waals surface area contributed by atoms with Gasteiger partial charge in [-0.3, -0.25) is 4.79 Å². The van der Waals surface area contributed by atoms with Crippen LogP contribution in [0.2, 0.25) is 0 Å². The van der Waals surface area contributed by atoms with Gasteiger partial charge in [-0.25, -0.2) is 0 Å². The first-order chi connectivity index (χ1) is 7.30. The minimum atomic E-state index is -4.38. The molecule has 16 heavy (non-hydrogen) atoms. The highest BCUT2D eigenvalue weighted by atomic mass is 19.4. The number of nitrogens with two attached hydrogens (primary N) is 1. The number of halogens is 3. The van der Waals surface area contributed by atoms with Crippen LogP contribution < -0.4 is 5.73 Å². The van der Waals surface area contributed by atoms with Crippen molar-refractivity contribution in [1.29, 1.82) is 0 Å². The molecule has 0 heterocycles. The van der Waals surface area contributed by atoms with E-state index in [1.807, 2.05) is 0 Å². The van der Waals surface area contributed by atoms with E-state index in [0.717, 1.165) is 12.1 Å². The second kappa shape index (κ2) is 4.38. The van der Waals surface area contributed by atoms with E-state index in [0.29, 0.717) is 5.56 Å². The Balaban J connectivity index is 2.92. The zero-order valence-electron chi connectivity index (χ0n) is 8.34. The Morgan fingerprint density at radius 3 is 2.50 bits per heavy atom. The lowest BCUT2D eigenvalue weighted by Crippen LogP contribution is -2.15. The van der Waals surface area contributed by atoms with Crippen LogP contribution in [0, 0.1) is 0 Å². The molecule has 5 heteroatoms. The molecular formula is C11H10F3NO. The molecule has 0 bridgehead atoms. The monoisotopic (exact) mass is 229 g/mol. The number of hydrogen-bond acceptors (Lipinski definition) is 1. The Hall–Kier alpha value is -1.78. The second-order valence-electron chi connectivity index (χ2n) is 3.34. The minimum Gasteiger partial charge on any atom is -0.366 e. The van der Waals surface area contributed by atoms with E-state index in [4.69, 9.17) is 5.73 Å². The molecule has 0 saturated heterocycles. The lowest BCUT2D eigenvalue weighted by atomic mass is 10.0. The first-order valence-electron chi connectivity index (χ1n) is 4.44. The molecule has 86 valence electrons. The molecule has 1 amide bonds. The lowest BCUT2D eigenvalue weighted by Gasteiger charge is -2.08. The highest BCUT2D eigenvalue weighted by Crippen LogP contribution is 2.29. The summed E-state index contributed by atoms with van der Waals surface area (Å²) >= 11 is 0. The Kier molecular flexibility index (Phi) is 3.37. The number of carbonyl (C=O) groups excluding carboxylic acids is 1. The maximum Gasteiger partial charge on any atom is 0.416 e. The zero-order valence-corrected chi connectivity index (χ0v) is 8.34. The third-order valence-corrected chi connectivity index (χ3v) is 2.02. The van der Waals surface area contributed by atoms with Gasteiger partial charge in [0.15, 0.2) is 0 Å². The summed E-state index contributed by atoms with van der Waals surface area (Å²) in [4.78, 5) is 10.7. The minimum absolute atomic E-state index is 0.0270. The van der Waals surface area contributed by atoms with E-state index in [1.165, 1.54) is 12.1 Å². The zero-order chi connectivity index (χ0) is 12.3. The number of benzene rings is 1. The van der Waals surface area contributed by atoms with Gasteiger partial charge in [0.05, 0.1) is 5.56 Å². The molecule has 1 aromatic rings. The summed E-state index contributed by atoms with van der Waals surface area (Å²) in [7, 11) is 0. The predicted octanol–water partition coefficient (Wildman–Crippen LogP) is 2.29. The van der Waals surface area contributed by atoms with Crippen LogP contribution in [0.5, 0.6) is 0 Å². The third-order valence-electron chi connectivity index (χ3n) is 2.02. The van der Waals surface area contributed by atoms with Gasteiger partial charge in [-0.05, 0) is 11.6 Å². The van der Waals surface area contributed by atoms with E-state index in [1.54, 1.807) is 0 Å². The van der Waals surface area contributed by atoms with Gasteiger partial charge in [0.1, 0.15) is 0 Å². The van der Waals surface area contributed by atoms with E-state index in [2.05, 4.69) is 6.58 Å². The van der Waals surface area contributed by atoms with E-state index in [-0.39, 0.29) is 12.0 Å². The first-order valence-corrected chi connectivity index (χ1v) is 4.44. The summed E-state index contributed by atoms with van der Waals surface area (Å²) in [5, 5.41) is 0. The van der Waals surface area contributed by atoms with Gasteiger partial charge in [0.25, 0.3) is 0 Å². The van der Waals surface area contributed by atoms with Crippen LogP contribution in [-0.4, -0.2) is 5.91 Å². The van der Waals surface area contributed by atoms with Gasteiger partial charge < -0.3 is 5.73 Å². The largest absolute Gasteiger partial charge is 0.416 e. The van der Waals surface area contributed by atoms with Crippen molar-refractivity contribution < 1.29 is 18.0 Å². The van der Waals surface area contributed by atoms with Crippen LogP contribution in [0.25, 0.3) is 0 Å². The molecule has 0 fully saturated rings. The maximum atomic E-state index is 12.3. The average molecular weight is 229 g/mol. The number of amides is 1. The number of alkyl halides is 3. The van der Waals surface area contributed by atoms with Gasteiger partial charge in [-0.2, -0.15) is 13.2 Å². The van der Waals surface area contributed by atoms with Gasteiger partial charge in [0, 0.05) is 12.0 Å².